The number of halogens is 3. The molecule has 0 radical (unpaired) electrons. The van der Waals surface area contributed by atoms with Crippen LogP contribution < -0.4 is 10.1 Å². The van der Waals surface area contributed by atoms with Crippen molar-refractivity contribution in [3.63, 3.8) is 0 Å². The Bertz CT molecular complexity index is 647. The molecule has 3 nitrogen and oxygen atoms in total. The summed E-state index contributed by atoms with van der Waals surface area (Å²) < 4.78 is 31.5. The van der Waals surface area contributed by atoms with Crippen LogP contribution in [0.25, 0.3) is 0 Å². The number of carbonyl (C=O) groups excluding carboxylic acids is 1. The van der Waals surface area contributed by atoms with Gasteiger partial charge in [-0.25, -0.2) is 8.78 Å². The molecule has 0 aliphatic rings. The number of amides is 1. The van der Waals surface area contributed by atoms with Gasteiger partial charge in [0.2, 0.25) is 5.91 Å². The van der Waals surface area contributed by atoms with Crippen molar-refractivity contribution in [1.82, 2.24) is 0 Å². The predicted molar refractivity (Wildman–Crippen MR) is 81.2 cm³/mol. The molecule has 0 bridgehead atoms. The maximum atomic E-state index is 13.4. The maximum Gasteiger partial charge on any atom is 0.224 e. The van der Waals surface area contributed by atoms with Gasteiger partial charge < -0.3 is 10.1 Å². The Labute approximate surface area is 131 Å². The molecule has 1 amide bonds. The highest BCUT2D eigenvalue weighted by Crippen LogP contribution is 2.19. The quantitative estimate of drug-likeness (QED) is 0.799. The number of ether oxygens (including phenoxy) is 1. The third kappa shape index (κ3) is 5.00. The lowest BCUT2D eigenvalue weighted by molar-refractivity contribution is -0.116. The highest BCUT2D eigenvalue weighted by Gasteiger charge is 2.07. The molecule has 2 rings (SSSR count). The highest BCUT2D eigenvalue weighted by atomic mass is 35.5. The van der Waals surface area contributed by atoms with Gasteiger partial charge in [0.05, 0.1) is 12.3 Å². The monoisotopic (exact) mass is 325 g/mol. The minimum Gasteiger partial charge on any atom is -0.494 e. The summed E-state index contributed by atoms with van der Waals surface area (Å²) in [5, 5.41) is 2.80. The average molecular weight is 326 g/mol. The average Bonchev–Trinajstić information content (AvgIpc) is 2.49. The highest BCUT2D eigenvalue weighted by molar-refractivity contribution is 6.30. The third-order valence-corrected chi connectivity index (χ3v) is 3.07. The first-order valence-corrected chi connectivity index (χ1v) is 7.05. The van der Waals surface area contributed by atoms with Gasteiger partial charge in [0.1, 0.15) is 17.4 Å². The molecule has 0 aliphatic heterocycles. The molecule has 0 saturated heterocycles. The second kappa shape index (κ2) is 7.75. The summed E-state index contributed by atoms with van der Waals surface area (Å²) in [6, 6.07) is 9.56. The summed E-state index contributed by atoms with van der Waals surface area (Å²) >= 11 is 5.74. The van der Waals surface area contributed by atoms with Gasteiger partial charge in [-0.05, 0) is 48.9 Å². The fourth-order valence-electron chi connectivity index (χ4n) is 1.76. The topological polar surface area (TPSA) is 38.3 Å². The summed E-state index contributed by atoms with van der Waals surface area (Å²) in [5.41, 5.74) is 0.0527. The molecule has 0 aliphatic carbocycles. The Kier molecular flexibility index (Phi) is 5.72. The van der Waals surface area contributed by atoms with Crippen molar-refractivity contribution in [2.24, 2.45) is 0 Å². The lowest BCUT2D eigenvalue weighted by Crippen LogP contribution is -2.13. The molecule has 0 spiro atoms. The van der Waals surface area contributed by atoms with Crippen LogP contribution >= 0.6 is 11.6 Å². The molecule has 116 valence electrons. The first kappa shape index (κ1) is 16.2. The summed E-state index contributed by atoms with van der Waals surface area (Å²) in [6.45, 7) is 0.303. The number of anilines is 1. The first-order chi connectivity index (χ1) is 10.5. The summed E-state index contributed by atoms with van der Waals surface area (Å²) in [4.78, 5) is 11.7. The van der Waals surface area contributed by atoms with E-state index in [1.54, 1.807) is 0 Å². The fraction of sp³-hybridized carbons (Fsp3) is 0.188. The van der Waals surface area contributed by atoms with Crippen molar-refractivity contribution in [3.05, 3.63) is 59.1 Å². The van der Waals surface area contributed by atoms with Gasteiger partial charge in [-0.1, -0.05) is 11.6 Å². The van der Waals surface area contributed by atoms with Crippen LogP contribution in [0.3, 0.4) is 0 Å². The molecule has 1 N–H and O–H groups in total. The van der Waals surface area contributed by atoms with Crippen LogP contribution in [0.2, 0.25) is 5.02 Å². The van der Waals surface area contributed by atoms with E-state index in [9.17, 15) is 13.6 Å². The first-order valence-electron chi connectivity index (χ1n) is 6.68. The maximum absolute atomic E-state index is 13.4. The molecule has 0 fully saturated rings. The Morgan fingerprint density at radius 3 is 2.59 bits per heavy atom. The fourth-order valence-corrected chi connectivity index (χ4v) is 1.93. The van der Waals surface area contributed by atoms with E-state index >= 15 is 0 Å². The number of benzene rings is 2. The van der Waals surface area contributed by atoms with Crippen LogP contribution in [0.1, 0.15) is 12.8 Å². The molecular formula is C16H14ClF2NO2. The van der Waals surface area contributed by atoms with E-state index in [1.165, 1.54) is 42.5 Å². The molecule has 6 heteroatoms. The normalized spacial score (nSPS) is 10.3. The van der Waals surface area contributed by atoms with Gasteiger partial charge in [-0.3, -0.25) is 4.79 Å². The molecule has 0 saturated carbocycles. The SMILES string of the molecule is O=C(CCCOc1ccc(F)cc1)Nc1cc(Cl)ccc1F. The van der Waals surface area contributed by atoms with Crippen LogP contribution in [-0.2, 0) is 4.79 Å². The van der Waals surface area contributed by atoms with E-state index in [-0.39, 0.29) is 23.8 Å². The predicted octanol–water partition coefficient (Wildman–Crippen LogP) is 4.42. The van der Waals surface area contributed by atoms with Gasteiger partial charge in [0.25, 0.3) is 0 Å². The number of rotatable bonds is 6. The van der Waals surface area contributed by atoms with Gasteiger partial charge in [0, 0.05) is 11.4 Å². The molecule has 2 aromatic rings. The second-order valence-corrected chi connectivity index (χ2v) is 5.01. The van der Waals surface area contributed by atoms with Gasteiger partial charge in [-0.15, -0.1) is 0 Å². The number of hydrogen-bond acceptors (Lipinski definition) is 2. The molecular weight excluding hydrogens is 312 g/mol. The Balaban J connectivity index is 1.74. The van der Waals surface area contributed by atoms with Crippen molar-refractivity contribution < 1.29 is 18.3 Å². The van der Waals surface area contributed by atoms with Crippen LogP contribution in [0.15, 0.2) is 42.5 Å². The lowest BCUT2D eigenvalue weighted by Gasteiger charge is -2.08. The molecule has 0 aromatic heterocycles. The third-order valence-electron chi connectivity index (χ3n) is 2.83. The van der Waals surface area contributed by atoms with Crippen LogP contribution in [0.5, 0.6) is 5.75 Å². The summed E-state index contributed by atoms with van der Waals surface area (Å²) in [6.07, 6.45) is 0.624. The van der Waals surface area contributed by atoms with Gasteiger partial charge in [-0.2, -0.15) is 0 Å². The summed E-state index contributed by atoms with van der Waals surface area (Å²) in [7, 11) is 0. The van der Waals surface area contributed by atoms with Crippen molar-refractivity contribution in [2.75, 3.05) is 11.9 Å². The van der Waals surface area contributed by atoms with E-state index in [2.05, 4.69) is 5.32 Å². The molecule has 0 atom stereocenters. The zero-order valence-electron chi connectivity index (χ0n) is 11.6. The van der Waals surface area contributed by atoms with Crippen LogP contribution in [0, 0.1) is 11.6 Å². The molecule has 22 heavy (non-hydrogen) atoms. The van der Waals surface area contributed by atoms with Crippen molar-refractivity contribution in [1.29, 1.82) is 0 Å². The molecule has 0 unspecified atom stereocenters. The largest absolute Gasteiger partial charge is 0.494 e. The Hall–Kier alpha value is -2.14. The smallest absolute Gasteiger partial charge is 0.224 e. The van der Waals surface area contributed by atoms with Crippen molar-refractivity contribution >= 4 is 23.2 Å². The number of hydrogen-bond donors (Lipinski definition) is 1. The minimum atomic E-state index is -0.541. The van der Waals surface area contributed by atoms with Crippen molar-refractivity contribution in [3.8, 4) is 5.75 Å². The number of nitrogens with one attached hydrogen (secondary N) is 1. The standard InChI is InChI=1S/C16H14ClF2NO2/c17-11-3-8-14(19)15(10-11)20-16(21)2-1-9-22-13-6-4-12(18)5-7-13/h3-8,10H,1-2,9H2,(H,20,21). The summed E-state index contributed by atoms with van der Waals surface area (Å²) in [5.74, 6) is -0.679. The van der Waals surface area contributed by atoms with Crippen molar-refractivity contribution in [2.45, 2.75) is 12.8 Å². The minimum absolute atomic E-state index is 0.0527. The molecule has 2 aromatic carbocycles. The Morgan fingerprint density at radius 1 is 1.14 bits per heavy atom. The van der Waals surface area contributed by atoms with E-state index in [1.807, 2.05) is 0 Å². The number of carbonyl (C=O) groups is 1. The second-order valence-electron chi connectivity index (χ2n) is 4.58. The van der Waals surface area contributed by atoms with E-state index < -0.39 is 5.82 Å². The lowest BCUT2D eigenvalue weighted by atomic mass is 10.2. The zero-order valence-corrected chi connectivity index (χ0v) is 12.4. The molecule has 0 heterocycles. The zero-order chi connectivity index (χ0) is 15.9. The van der Waals surface area contributed by atoms with E-state index in [0.29, 0.717) is 23.8 Å². The Morgan fingerprint density at radius 2 is 1.86 bits per heavy atom. The van der Waals surface area contributed by atoms with E-state index in [4.69, 9.17) is 16.3 Å². The van der Waals surface area contributed by atoms with Gasteiger partial charge in [0.15, 0.2) is 0 Å². The van der Waals surface area contributed by atoms with Gasteiger partial charge >= 0.3 is 0 Å². The van der Waals surface area contributed by atoms with Crippen LogP contribution in [-0.4, -0.2) is 12.5 Å². The van der Waals surface area contributed by atoms with E-state index in [0.717, 1.165) is 0 Å². The van der Waals surface area contributed by atoms with Crippen LogP contribution in [0.4, 0.5) is 14.5 Å².